The molecule has 2 rings (SSSR count). The van der Waals surface area contributed by atoms with Crippen molar-refractivity contribution in [3.63, 3.8) is 0 Å². The van der Waals surface area contributed by atoms with E-state index in [4.69, 9.17) is 0 Å². The zero-order valence-corrected chi connectivity index (χ0v) is 12.1. The molecule has 0 aromatic carbocycles. The van der Waals surface area contributed by atoms with Crippen molar-refractivity contribution in [2.45, 2.75) is 59.3 Å². The van der Waals surface area contributed by atoms with Gasteiger partial charge in [-0.2, -0.15) is 0 Å². The van der Waals surface area contributed by atoms with Gasteiger partial charge >= 0.3 is 0 Å². The SMILES string of the molecule is C1CCC2(C1)CCNCC2.CC.CCP. The average Bonchev–Trinajstić information content (AvgIpc) is 2.72. The Hall–Kier alpha value is 0.390. The molecule has 2 fully saturated rings. The Morgan fingerprint density at radius 1 is 1.00 bits per heavy atom. The molecule has 0 aromatic heterocycles. The highest BCUT2D eigenvalue weighted by Gasteiger charge is 2.34. The van der Waals surface area contributed by atoms with Gasteiger partial charge in [0.2, 0.25) is 0 Å². The molecule has 1 aliphatic carbocycles. The molecular formula is C13H30NP. The molecule has 1 spiro atoms. The highest BCUT2D eigenvalue weighted by molar-refractivity contribution is 7.16. The molecule has 15 heavy (non-hydrogen) atoms. The van der Waals surface area contributed by atoms with Crippen molar-refractivity contribution in [2.24, 2.45) is 5.41 Å². The van der Waals surface area contributed by atoms with Crippen molar-refractivity contribution in [3.05, 3.63) is 0 Å². The smallest absolute Gasteiger partial charge is 0.00436 e. The molecule has 92 valence electrons. The summed E-state index contributed by atoms with van der Waals surface area (Å²) in [5.41, 5.74) is 0.811. The Labute approximate surface area is 99.0 Å². The molecule has 1 atom stereocenters. The molecule has 0 aromatic rings. The van der Waals surface area contributed by atoms with Crippen molar-refractivity contribution in [1.82, 2.24) is 5.32 Å². The molecule has 1 N–H and O–H groups in total. The van der Waals surface area contributed by atoms with E-state index in [2.05, 4.69) is 21.5 Å². The van der Waals surface area contributed by atoms with E-state index in [-0.39, 0.29) is 0 Å². The van der Waals surface area contributed by atoms with E-state index in [1.807, 2.05) is 13.8 Å². The molecule has 2 heteroatoms. The lowest BCUT2D eigenvalue weighted by Crippen LogP contribution is -2.34. The monoisotopic (exact) mass is 231 g/mol. The lowest BCUT2D eigenvalue weighted by atomic mass is 9.78. The van der Waals surface area contributed by atoms with Gasteiger partial charge in [-0.25, -0.2) is 0 Å². The quantitative estimate of drug-likeness (QED) is 0.625. The maximum Gasteiger partial charge on any atom is -0.00436 e. The Bertz CT molecular complexity index is 122. The van der Waals surface area contributed by atoms with Crippen LogP contribution in [0.15, 0.2) is 0 Å². The minimum atomic E-state index is 0.811. The minimum absolute atomic E-state index is 0.811. The molecule has 1 saturated carbocycles. The fourth-order valence-electron chi connectivity index (χ4n) is 2.58. The predicted octanol–water partition coefficient (Wildman–Crippen LogP) is 3.84. The van der Waals surface area contributed by atoms with Crippen LogP contribution in [0.25, 0.3) is 0 Å². The minimum Gasteiger partial charge on any atom is -0.317 e. The van der Waals surface area contributed by atoms with Crippen LogP contribution in [0, 0.1) is 5.41 Å². The van der Waals surface area contributed by atoms with Gasteiger partial charge in [-0.3, -0.25) is 0 Å². The number of piperidine rings is 1. The van der Waals surface area contributed by atoms with Crippen molar-refractivity contribution in [3.8, 4) is 0 Å². The second kappa shape index (κ2) is 9.60. The van der Waals surface area contributed by atoms with Gasteiger partial charge in [-0.15, -0.1) is 9.24 Å². The highest BCUT2D eigenvalue weighted by atomic mass is 31.0. The second-order valence-electron chi connectivity index (χ2n) is 4.37. The molecule has 1 unspecified atom stereocenters. The van der Waals surface area contributed by atoms with Gasteiger partial charge in [0.05, 0.1) is 0 Å². The van der Waals surface area contributed by atoms with E-state index in [1.165, 1.54) is 57.8 Å². The Morgan fingerprint density at radius 2 is 1.40 bits per heavy atom. The maximum atomic E-state index is 3.44. The molecule has 0 radical (unpaired) electrons. The second-order valence-corrected chi connectivity index (χ2v) is 5.18. The van der Waals surface area contributed by atoms with Crippen LogP contribution < -0.4 is 5.32 Å². The van der Waals surface area contributed by atoms with Gasteiger partial charge in [0, 0.05) is 0 Å². The van der Waals surface area contributed by atoms with Gasteiger partial charge in [-0.05, 0) is 50.3 Å². The van der Waals surface area contributed by atoms with E-state index >= 15 is 0 Å². The Kier molecular flexibility index (Phi) is 9.85. The standard InChI is InChI=1S/C9H17N.C2H7P.C2H6/c1-2-4-9(3-1)5-7-10-8-6-9;1-2-3;1-2/h10H,1-8H2;2-3H2,1H3;1-2H3. The van der Waals surface area contributed by atoms with E-state index in [9.17, 15) is 0 Å². The largest absolute Gasteiger partial charge is 0.317 e. The van der Waals surface area contributed by atoms with Gasteiger partial charge in [0.15, 0.2) is 0 Å². The van der Waals surface area contributed by atoms with Crippen LogP contribution in [0.1, 0.15) is 59.3 Å². The molecule has 2 aliphatic rings. The Balaban J connectivity index is 0.000000342. The average molecular weight is 231 g/mol. The number of rotatable bonds is 0. The predicted molar refractivity (Wildman–Crippen MR) is 74.6 cm³/mol. The van der Waals surface area contributed by atoms with Crippen LogP contribution in [0.4, 0.5) is 0 Å². The third-order valence-corrected chi connectivity index (χ3v) is 3.33. The summed E-state index contributed by atoms with van der Waals surface area (Å²) in [6.07, 6.45) is 10.1. The number of nitrogens with one attached hydrogen (secondary N) is 1. The van der Waals surface area contributed by atoms with Crippen LogP contribution >= 0.6 is 9.24 Å². The van der Waals surface area contributed by atoms with E-state index in [0.717, 1.165) is 5.41 Å². The summed E-state index contributed by atoms with van der Waals surface area (Å²) in [6.45, 7) is 8.64. The van der Waals surface area contributed by atoms with Crippen molar-refractivity contribution >= 4 is 9.24 Å². The molecule has 1 aliphatic heterocycles. The van der Waals surface area contributed by atoms with Crippen LogP contribution in [0.2, 0.25) is 0 Å². The third kappa shape index (κ3) is 5.88. The van der Waals surface area contributed by atoms with Crippen molar-refractivity contribution in [1.29, 1.82) is 0 Å². The molecule has 1 nitrogen and oxygen atoms in total. The molecule has 0 amide bonds. The van der Waals surface area contributed by atoms with Crippen LogP contribution in [0.3, 0.4) is 0 Å². The van der Waals surface area contributed by atoms with E-state index in [0.29, 0.717) is 0 Å². The highest BCUT2D eigenvalue weighted by Crippen LogP contribution is 2.44. The van der Waals surface area contributed by atoms with Gasteiger partial charge in [0.25, 0.3) is 0 Å². The summed E-state index contributed by atoms with van der Waals surface area (Å²) in [4.78, 5) is 0. The maximum absolute atomic E-state index is 3.44. The molecule has 1 heterocycles. The van der Waals surface area contributed by atoms with E-state index in [1.54, 1.807) is 0 Å². The van der Waals surface area contributed by atoms with Gasteiger partial charge in [0.1, 0.15) is 0 Å². The summed E-state index contributed by atoms with van der Waals surface area (Å²) in [5, 5.41) is 3.44. The van der Waals surface area contributed by atoms with Crippen molar-refractivity contribution in [2.75, 3.05) is 19.3 Å². The summed E-state index contributed by atoms with van der Waals surface area (Å²) < 4.78 is 0. The van der Waals surface area contributed by atoms with Crippen LogP contribution in [-0.2, 0) is 0 Å². The van der Waals surface area contributed by atoms with Gasteiger partial charge < -0.3 is 5.32 Å². The fourth-order valence-corrected chi connectivity index (χ4v) is 2.58. The molecular weight excluding hydrogens is 201 g/mol. The zero-order valence-electron chi connectivity index (χ0n) is 10.9. The normalized spacial score (nSPS) is 22.4. The molecule has 1 saturated heterocycles. The number of hydrogen-bond donors (Lipinski definition) is 1. The first-order valence-corrected chi connectivity index (χ1v) is 7.55. The van der Waals surface area contributed by atoms with Gasteiger partial charge in [-0.1, -0.05) is 33.6 Å². The van der Waals surface area contributed by atoms with Crippen LogP contribution in [-0.4, -0.2) is 19.3 Å². The lowest BCUT2D eigenvalue weighted by Gasteiger charge is -2.33. The first kappa shape index (κ1) is 15.4. The van der Waals surface area contributed by atoms with Crippen molar-refractivity contribution < 1.29 is 0 Å². The Morgan fingerprint density at radius 3 is 1.80 bits per heavy atom. The zero-order chi connectivity index (χ0) is 11.6. The molecule has 0 bridgehead atoms. The fraction of sp³-hybridized carbons (Fsp3) is 1.00. The summed E-state index contributed by atoms with van der Waals surface area (Å²) >= 11 is 0. The van der Waals surface area contributed by atoms with Crippen LogP contribution in [0.5, 0.6) is 0 Å². The lowest BCUT2D eigenvalue weighted by molar-refractivity contribution is 0.210. The first-order chi connectivity index (χ1) is 7.33. The number of hydrogen-bond acceptors (Lipinski definition) is 1. The summed E-state index contributed by atoms with van der Waals surface area (Å²) in [5.74, 6) is 0. The summed E-state index contributed by atoms with van der Waals surface area (Å²) in [7, 11) is 2.58. The summed E-state index contributed by atoms with van der Waals surface area (Å²) in [6, 6.07) is 0. The first-order valence-electron chi connectivity index (χ1n) is 6.74. The van der Waals surface area contributed by atoms with E-state index < -0.39 is 0 Å². The topological polar surface area (TPSA) is 12.0 Å². The third-order valence-electron chi connectivity index (χ3n) is 3.33.